The first kappa shape index (κ1) is 11.8. The first-order chi connectivity index (χ1) is 5.99. The summed E-state index contributed by atoms with van der Waals surface area (Å²) in [6.07, 6.45) is 3.24. The predicted molar refractivity (Wildman–Crippen MR) is 50.2 cm³/mol. The minimum absolute atomic E-state index is 0.0160. The monoisotopic (exact) mass is 183 g/mol. The second-order valence-electron chi connectivity index (χ2n) is 3.47. The van der Waals surface area contributed by atoms with E-state index in [2.05, 4.69) is 13.8 Å². The van der Waals surface area contributed by atoms with E-state index in [1.54, 1.807) is 14.1 Å². The molecule has 1 amide bonds. The van der Waals surface area contributed by atoms with Gasteiger partial charge in [0.2, 0.25) is 5.91 Å². The number of nitrogens with zero attached hydrogens (tertiary/aromatic N) is 3. The SMILES string of the molecule is CC(C)CCC(=O)N(C)N(C)C#N. The van der Waals surface area contributed by atoms with Crippen LogP contribution in [0.3, 0.4) is 0 Å². The third-order valence-electron chi connectivity index (χ3n) is 1.89. The maximum Gasteiger partial charge on any atom is 0.241 e. The molecule has 0 bridgehead atoms. The zero-order valence-corrected chi connectivity index (χ0v) is 8.74. The molecule has 0 aromatic heterocycles. The first-order valence-electron chi connectivity index (χ1n) is 4.39. The van der Waals surface area contributed by atoms with E-state index < -0.39 is 0 Å². The van der Waals surface area contributed by atoms with Crippen LogP contribution in [-0.4, -0.2) is 30.0 Å². The number of hydrogen-bond donors (Lipinski definition) is 0. The van der Waals surface area contributed by atoms with E-state index in [4.69, 9.17) is 5.26 Å². The quantitative estimate of drug-likeness (QED) is 0.374. The molecule has 0 heterocycles. The predicted octanol–water partition coefficient (Wildman–Crippen LogP) is 1.21. The molecule has 0 atom stereocenters. The Bertz CT molecular complexity index is 207. The van der Waals surface area contributed by atoms with Crippen LogP contribution >= 0.6 is 0 Å². The van der Waals surface area contributed by atoms with Crippen molar-refractivity contribution in [3.63, 3.8) is 0 Å². The molecule has 0 saturated heterocycles. The van der Waals surface area contributed by atoms with Crippen LogP contribution in [0.15, 0.2) is 0 Å². The van der Waals surface area contributed by atoms with Crippen LogP contribution in [0.2, 0.25) is 0 Å². The van der Waals surface area contributed by atoms with Crippen LogP contribution in [0.5, 0.6) is 0 Å². The van der Waals surface area contributed by atoms with Crippen molar-refractivity contribution >= 4 is 5.91 Å². The van der Waals surface area contributed by atoms with Crippen LogP contribution in [0.1, 0.15) is 26.7 Å². The Morgan fingerprint density at radius 1 is 1.46 bits per heavy atom. The summed E-state index contributed by atoms with van der Waals surface area (Å²) >= 11 is 0. The lowest BCUT2D eigenvalue weighted by Gasteiger charge is -2.22. The van der Waals surface area contributed by atoms with E-state index in [0.717, 1.165) is 6.42 Å². The highest BCUT2D eigenvalue weighted by molar-refractivity contribution is 5.75. The van der Waals surface area contributed by atoms with Gasteiger partial charge in [-0.1, -0.05) is 13.8 Å². The second-order valence-corrected chi connectivity index (χ2v) is 3.47. The molecule has 74 valence electrons. The Labute approximate surface area is 79.7 Å². The molecule has 0 spiro atoms. The summed E-state index contributed by atoms with van der Waals surface area (Å²) in [6, 6.07) is 0. The number of nitriles is 1. The fraction of sp³-hybridized carbons (Fsp3) is 0.778. The average Bonchev–Trinajstić information content (AvgIpc) is 2.11. The normalized spacial score (nSPS) is 9.54. The van der Waals surface area contributed by atoms with Crippen molar-refractivity contribution in [1.82, 2.24) is 10.0 Å². The number of hydrogen-bond acceptors (Lipinski definition) is 3. The number of carbonyl (C=O) groups excluding carboxylic acids is 1. The van der Waals surface area contributed by atoms with Crippen molar-refractivity contribution < 1.29 is 4.79 Å². The van der Waals surface area contributed by atoms with Crippen molar-refractivity contribution in [2.45, 2.75) is 26.7 Å². The summed E-state index contributed by atoms with van der Waals surface area (Å²) in [7, 11) is 3.17. The van der Waals surface area contributed by atoms with Crippen molar-refractivity contribution in [3.05, 3.63) is 0 Å². The molecule has 0 saturated carbocycles. The maximum absolute atomic E-state index is 11.4. The van der Waals surface area contributed by atoms with Gasteiger partial charge in [-0.15, -0.1) is 0 Å². The second kappa shape index (κ2) is 5.41. The summed E-state index contributed by atoms with van der Waals surface area (Å²) in [4.78, 5) is 11.4. The van der Waals surface area contributed by atoms with Gasteiger partial charge in [-0.3, -0.25) is 4.79 Å². The zero-order valence-electron chi connectivity index (χ0n) is 8.74. The lowest BCUT2D eigenvalue weighted by Crippen LogP contribution is -2.38. The molecule has 0 rings (SSSR count). The smallest absolute Gasteiger partial charge is 0.241 e. The van der Waals surface area contributed by atoms with E-state index in [0.29, 0.717) is 12.3 Å². The molecule has 13 heavy (non-hydrogen) atoms. The highest BCUT2D eigenvalue weighted by atomic mass is 16.2. The molecule has 4 heteroatoms. The van der Waals surface area contributed by atoms with Gasteiger partial charge in [0.05, 0.1) is 0 Å². The van der Waals surface area contributed by atoms with E-state index >= 15 is 0 Å². The molecule has 0 aliphatic carbocycles. The van der Waals surface area contributed by atoms with Gasteiger partial charge >= 0.3 is 0 Å². The third-order valence-corrected chi connectivity index (χ3v) is 1.89. The average molecular weight is 183 g/mol. The van der Waals surface area contributed by atoms with E-state index in [9.17, 15) is 4.79 Å². The van der Waals surface area contributed by atoms with Crippen LogP contribution in [0.4, 0.5) is 0 Å². The Hall–Kier alpha value is -1.24. The van der Waals surface area contributed by atoms with E-state index in [1.807, 2.05) is 6.19 Å². The Balaban J connectivity index is 3.91. The summed E-state index contributed by atoms with van der Waals surface area (Å²) in [5.41, 5.74) is 0. The highest BCUT2D eigenvalue weighted by Gasteiger charge is 2.12. The van der Waals surface area contributed by atoms with Gasteiger partial charge in [-0.25, -0.2) is 10.0 Å². The lowest BCUT2D eigenvalue weighted by atomic mass is 10.1. The van der Waals surface area contributed by atoms with Crippen molar-refractivity contribution in [2.24, 2.45) is 5.92 Å². The summed E-state index contributed by atoms with van der Waals surface area (Å²) < 4.78 is 0. The fourth-order valence-corrected chi connectivity index (χ4v) is 0.808. The maximum atomic E-state index is 11.4. The molecular weight excluding hydrogens is 166 g/mol. The van der Waals surface area contributed by atoms with Crippen molar-refractivity contribution in [2.75, 3.05) is 14.1 Å². The third kappa shape index (κ3) is 4.36. The molecular formula is C9H17N3O. The molecule has 0 aromatic rings. The van der Waals surface area contributed by atoms with Gasteiger partial charge in [-0.05, 0) is 12.3 Å². The van der Waals surface area contributed by atoms with Crippen molar-refractivity contribution in [1.29, 1.82) is 5.26 Å². The molecule has 0 fully saturated rings. The molecule has 0 unspecified atom stereocenters. The van der Waals surface area contributed by atoms with Crippen LogP contribution in [0.25, 0.3) is 0 Å². The van der Waals surface area contributed by atoms with Gasteiger partial charge in [0.25, 0.3) is 0 Å². The standard InChI is InChI=1S/C9H17N3O/c1-8(2)5-6-9(13)12(4)11(3)7-10/h8H,5-6H2,1-4H3. The largest absolute Gasteiger partial charge is 0.273 e. The topological polar surface area (TPSA) is 47.3 Å². The van der Waals surface area contributed by atoms with Crippen LogP contribution in [0, 0.1) is 17.4 Å². The Morgan fingerprint density at radius 3 is 2.38 bits per heavy atom. The zero-order chi connectivity index (χ0) is 10.4. The Kier molecular flexibility index (Phi) is 4.90. The number of carbonyl (C=O) groups is 1. The van der Waals surface area contributed by atoms with E-state index in [-0.39, 0.29) is 5.91 Å². The molecule has 0 N–H and O–H groups in total. The van der Waals surface area contributed by atoms with Gasteiger partial charge in [-0.2, -0.15) is 5.26 Å². The van der Waals surface area contributed by atoms with Crippen molar-refractivity contribution in [3.8, 4) is 6.19 Å². The summed E-state index contributed by atoms with van der Waals surface area (Å²) in [5.74, 6) is 0.502. The van der Waals surface area contributed by atoms with Crippen LogP contribution < -0.4 is 0 Å². The van der Waals surface area contributed by atoms with Crippen LogP contribution in [-0.2, 0) is 4.79 Å². The molecule has 0 radical (unpaired) electrons. The van der Waals surface area contributed by atoms with Gasteiger partial charge in [0, 0.05) is 20.5 Å². The number of rotatable bonds is 4. The summed E-state index contributed by atoms with van der Waals surface area (Å²) in [5, 5.41) is 11.1. The lowest BCUT2D eigenvalue weighted by molar-refractivity contribution is -0.139. The minimum Gasteiger partial charge on any atom is -0.273 e. The fourth-order valence-electron chi connectivity index (χ4n) is 0.808. The van der Waals surface area contributed by atoms with Gasteiger partial charge < -0.3 is 0 Å². The minimum atomic E-state index is -0.0160. The highest BCUT2D eigenvalue weighted by Crippen LogP contribution is 2.05. The molecule has 4 nitrogen and oxygen atoms in total. The molecule has 0 aliphatic heterocycles. The van der Waals surface area contributed by atoms with Gasteiger partial charge in [0.15, 0.2) is 6.19 Å². The van der Waals surface area contributed by atoms with Gasteiger partial charge in [0.1, 0.15) is 0 Å². The number of amides is 1. The summed E-state index contributed by atoms with van der Waals surface area (Å²) in [6.45, 7) is 4.14. The van der Waals surface area contributed by atoms with E-state index in [1.165, 1.54) is 10.0 Å². The molecule has 0 aromatic carbocycles. The first-order valence-corrected chi connectivity index (χ1v) is 4.39. The molecule has 0 aliphatic rings. The number of hydrazine groups is 1. The Morgan fingerprint density at radius 2 is 2.00 bits per heavy atom.